The van der Waals surface area contributed by atoms with Gasteiger partial charge in [-0.3, -0.25) is 0 Å². The second-order valence-corrected chi connectivity index (χ2v) is 5.13. The van der Waals surface area contributed by atoms with Gasteiger partial charge in [-0.25, -0.2) is 0 Å². The summed E-state index contributed by atoms with van der Waals surface area (Å²) in [6.07, 6.45) is -4.49. The molecule has 0 atom stereocenters. The van der Waals surface area contributed by atoms with Crippen LogP contribution >= 0.6 is 15.9 Å². The molecule has 2 rings (SSSR count). The van der Waals surface area contributed by atoms with Crippen LogP contribution in [-0.2, 0) is 19.4 Å². The molecule has 0 bridgehead atoms. The Kier molecular flexibility index (Phi) is 4.90. The van der Waals surface area contributed by atoms with Crippen LogP contribution in [0.25, 0.3) is 0 Å². The van der Waals surface area contributed by atoms with Crippen molar-refractivity contribution in [3.63, 3.8) is 0 Å². The summed E-state index contributed by atoms with van der Waals surface area (Å²) in [6.45, 7) is -0.333. The van der Waals surface area contributed by atoms with E-state index in [0.29, 0.717) is 0 Å². The standard InChI is InChI=1S/C15H12BrF3O2/c16-14-11(8-20)13(7-6-12(14)15(17,18)19)21-9-10-4-2-1-3-5-10/h1-7,20H,8-9H2. The van der Waals surface area contributed by atoms with E-state index < -0.39 is 18.3 Å². The monoisotopic (exact) mass is 360 g/mol. The minimum atomic E-state index is -4.49. The Labute approximate surface area is 128 Å². The van der Waals surface area contributed by atoms with E-state index in [4.69, 9.17) is 4.74 Å². The highest BCUT2D eigenvalue weighted by atomic mass is 79.9. The summed E-state index contributed by atoms with van der Waals surface area (Å²) in [6, 6.07) is 11.4. The fourth-order valence-electron chi connectivity index (χ4n) is 1.84. The molecule has 2 aromatic carbocycles. The first-order valence-electron chi connectivity index (χ1n) is 6.09. The topological polar surface area (TPSA) is 29.5 Å². The van der Waals surface area contributed by atoms with Crippen LogP contribution in [0.5, 0.6) is 5.75 Å². The van der Waals surface area contributed by atoms with Gasteiger partial charge in [0.1, 0.15) is 12.4 Å². The van der Waals surface area contributed by atoms with E-state index in [1.807, 2.05) is 30.3 Å². The van der Waals surface area contributed by atoms with E-state index in [-0.39, 0.29) is 22.4 Å². The minimum Gasteiger partial charge on any atom is -0.488 e. The van der Waals surface area contributed by atoms with Crippen molar-refractivity contribution in [3.05, 3.63) is 63.6 Å². The lowest BCUT2D eigenvalue weighted by Gasteiger charge is -2.16. The predicted octanol–water partition coefficient (Wildman–Crippen LogP) is 4.54. The van der Waals surface area contributed by atoms with Crippen LogP contribution in [0.2, 0.25) is 0 Å². The van der Waals surface area contributed by atoms with Crippen molar-refractivity contribution in [1.82, 2.24) is 0 Å². The normalized spacial score (nSPS) is 11.5. The van der Waals surface area contributed by atoms with Gasteiger partial charge >= 0.3 is 6.18 Å². The molecule has 0 saturated heterocycles. The van der Waals surface area contributed by atoms with E-state index in [1.54, 1.807) is 0 Å². The average Bonchev–Trinajstić information content (AvgIpc) is 2.45. The van der Waals surface area contributed by atoms with Gasteiger partial charge in [0.05, 0.1) is 12.2 Å². The molecule has 0 spiro atoms. The third kappa shape index (κ3) is 3.77. The van der Waals surface area contributed by atoms with Crippen LogP contribution in [0.4, 0.5) is 13.2 Å². The molecule has 6 heteroatoms. The molecule has 0 aromatic heterocycles. The zero-order chi connectivity index (χ0) is 15.5. The maximum absolute atomic E-state index is 12.8. The molecule has 2 aromatic rings. The average molecular weight is 361 g/mol. The predicted molar refractivity (Wildman–Crippen MR) is 75.8 cm³/mol. The number of hydrogen-bond donors (Lipinski definition) is 1. The molecule has 0 amide bonds. The maximum Gasteiger partial charge on any atom is 0.417 e. The molecule has 0 unspecified atom stereocenters. The number of benzene rings is 2. The third-order valence-corrected chi connectivity index (χ3v) is 3.81. The highest BCUT2D eigenvalue weighted by molar-refractivity contribution is 9.10. The van der Waals surface area contributed by atoms with Crippen molar-refractivity contribution in [1.29, 1.82) is 0 Å². The van der Waals surface area contributed by atoms with Gasteiger partial charge in [0, 0.05) is 10.0 Å². The number of alkyl halides is 3. The molecule has 21 heavy (non-hydrogen) atoms. The Hall–Kier alpha value is -1.53. The summed E-state index contributed by atoms with van der Waals surface area (Å²) < 4.78 is 43.7. The fourth-order valence-corrected chi connectivity index (χ4v) is 2.52. The lowest BCUT2D eigenvalue weighted by Crippen LogP contribution is -2.09. The number of rotatable bonds is 4. The molecule has 0 aliphatic carbocycles. The molecule has 0 fully saturated rings. The quantitative estimate of drug-likeness (QED) is 0.867. The van der Waals surface area contributed by atoms with E-state index in [2.05, 4.69) is 15.9 Å². The van der Waals surface area contributed by atoms with Crippen molar-refractivity contribution in [3.8, 4) is 5.75 Å². The van der Waals surface area contributed by atoms with Gasteiger partial charge in [-0.1, -0.05) is 30.3 Å². The molecular formula is C15H12BrF3O2. The summed E-state index contributed by atoms with van der Waals surface area (Å²) in [7, 11) is 0. The van der Waals surface area contributed by atoms with Crippen LogP contribution in [0.1, 0.15) is 16.7 Å². The first-order valence-corrected chi connectivity index (χ1v) is 6.89. The van der Waals surface area contributed by atoms with E-state index in [0.717, 1.165) is 11.6 Å². The van der Waals surface area contributed by atoms with Crippen LogP contribution in [0.3, 0.4) is 0 Å². The molecule has 0 aliphatic heterocycles. The Balaban J connectivity index is 2.26. The summed E-state index contributed by atoms with van der Waals surface area (Å²) in [5.74, 6) is 0.223. The number of aliphatic hydroxyl groups excluding tert-OH is 1. The van der Waals surface area contributed by atoms with Gasteiger partial charge in [0.2, 0.25) is 0 Å². The summed E-state index contributed by atoms with van der Waals surface area (Å²) in [5.41, 5.74) is 0.136. The summed E-state index contributed by atoms with van der Waals surface area (Å²) in [4.78, 5) is 0. The first-order chi connectivity index (χ1) is 9.93. The van der Waals surface area contributed by atoms with Gasteiger partial charge in [0.25, 0.3) is 0 Å². The maximum atomic E-state index is 12.8. The first kappa shape index (κ1) is 15.9. The third-order valence-electron chi connectivity index (χ3n) is 2.90. The molecule has 112 valence electrons. The van der Waals surface area contributed by atoms with Crippen LogP contribution < -0.4 is 4.74 Å². The summed E-state index contributed by atoms with van der Waals surface area (Å²) >= 11 is 2.89. The van der Waals surface area contributed by atoms with Crippen molar-refractivity contribution in [2.45, 2.75) is 19.4 Å². The van der Waals surface area contributed by atoms with E-state index >= 15 is 0 Å². The zero-order valence-electron chi connectivity index (χ0n) is 10.8. The van der Waals surface area contributed by atoms with Crippen molar-refractivity contribution < 1.29 is 23.0 Å². The smallest absolute Gasteiger partial charge is 0.417 e. The Morgan fingerprint density at radius 1 is 1.05 bits per heavy atom. The number of aliphatic hydroxyl groups is 1. The van der Waals surface area contributed by atoms with Gasteiger partial charge in [0.15, 0.2) is 0 Å². The molecular weight excluding hydrogens is 349 g/mol. The van der Waals surface area contributed by atoms with Crippen molar-refractivity contribution in [2.75, 3.05) is 0 Å². The SMILES string of the molecule is OCc1c(OCc2ccccc2)ccc(C(F)(F)F)c1Br. The van der Waals surface area contributed by atoms with Crippen LogP contribution in [0.15, 0.2) is 46.9 Å². The highest BCUT2D eigenvalue weighted by Crippen LogP contribution is 2.40. The fraction of sp³-hybridized carbons (Fsp3) is 0.200. The van der Waals surface area contributed by atoms with Gasteiger partial charge in [-0.05, 0) is 33.6 Å². The lowest BCUT2D eigenvalue weighted by atomic mass is 10.1. The summed E-state index contributed by atoms with van der Waals surface area (Å²) in [5, 5.41) is 9.31. The van der Waals surface area contributed by atoms with Gasteiger partial charge < -0.3 is 9.84 Å². The molecule has 1 N–H and O–H groups in total. The molecule has 0 aliphatic rings. The zero-order valence-corrected chi connectivity index (χ0v) is 12.4. The Morgan fingerprint density at radius 3 is 2.29 bits per heavy atom. The lowest BCUT2D eigenvalue weighted by molar-refractivity contribution is -0.138. The van der Waals surface area contributed by atoms with E-state index in [1.165, 1.54) is 6.07 Å². The highest BCUT2D eigenvalue weighted by Gasteiger charge is 2.34. The minimum absolute atomic E-state index is 0.0840. The number of halogens is 4. The van der Waals surface area contributed by atoms with Crippen LogP contribution in [-0.4, -0.2) is 5.11 Å². The molecule has 0 saturated carbocycles. The largest absolute Gasteiger partial charge is 0.488 e. The molecule has 0 radical (unpaired) electrons. The van der Waals surface area contributed by atoms with E-state index in [9.17, 15) is 18.3 Å². The number of ether oxygens (including phenoxy) is 1. The Bertz CT molecular complexity index is 612. The molecule has 0 heterocycles. The van der Waals surface area contributed by atoms with Gasteiger partial charge in [-0.2, -0.15) is 13.2 Å². The van der Waals surface area contributed by atoms with Crippen molar-refractivity contribution >= 4 is 15.9 Å². The Morgan fingerprint density at radius 2 is 1.71 bits per heavy atom. The van der Waals surface area contributed by atoms with Gasteiger partial charge in [-0.15, -0.1) is 0 Å². The second-order valence-electron chi connectivity index (χ2n) is 4.33. The van der Waals surface area contributed by atoms with Crippen molar-refractivity contribution in [2.24, 2.45) is 0 Å². The number of hydrogen-bond acceptors (Lipinski definition) is 2. The van der Waals surface area contributed by atoms with Crippen LogP contribution in [0, 0.1) is 0 Å². The second kappa shape index (κ2) is 6.49. The molecule has 2 nitrogen and oxygen atoms in total.